The highest BCUT2D eigenvalue weighted by Crippen LogP contribution is 2.46. The molecule has 0 spiro atoms. The number of rotatable bonds is 4. The van der Waals surface area contributed by atoms with Crippen LogP contribution in [0.25, 0.3) is 11.3 Å². The third-order valence-corrected chi connectivity index (χ3v) is 6.81. The molecule has 8 heteroatoms. The van der Waals surface area contributed by atoms with Gasteiger partial charge in [0.2, 0.25) is 0 Å². The van der Waals surface area contributed by atoms with E-state index in [1.54, 1.807) is 24.4 Å². The minimum absolute atomic E-state index is 0.0725. The maximum Gasteiger partial charge on any atom is 0.174 e. The fourth-order valence-corrected chi connectivity index (χ4v) is 5.26. The smallest absolute Gasteiger partial charge is 0.174 e. The van der Waals surface area contributed by atoms with Crippen molar-refractivity contribution in [1.82, 2.24) is 10.3 Å². The van der Waals surface area contributed by atoms with Crippen molar-refractivity contribution < 1.29 is 9.52 Å². The van der Waals surface area contributed by atoms with Crippen molar-refractivity contribution >= 4 is 50.5 Å². The average Bonchev–Trinajstić information content (AvgIpc) is 3.40. The number of hydrogen-bond donors (Lipinski definition) is 2. The van der Waals surface area contributed by atoms with Crippen molar-refractivity contribution in [3.63, 3.8) is 0 Å². The first-order chi connectivity index (χ1) is 15.9. The van der Waals surface area contributed by atoms with Crippen LogP contribution >= 0.6 is 39.7 Å². The Morgan fingerprint density at radius 3 is 2.73 bits per heavy atom. The average molecular weight is 541 g/mol. The fourth-order valence-electron chi connectivity index (χ4n) is 4.07. The Kier molecular flexibility index (Phi) is 5.86. The zero-order chi connectivity index (χ0) is 23.1. The van der Waals surface area contributed by atoms with Gasteiger partial charge in [0.25, 0.3) is 0 Å². The van der Waals surface area contributed by atoms with Gasteiger partial charge in [0.05, 0.1) is 17.4 Å². The van der Waals surface area contributed by atoms with Crippen molar-refractivity contribution in [2.45, 2.75) is 19.0 Å². The Labute approximate surface area is 210 Å². The summed E-state index contributed by atoms with van der Waals surface area (Å²) in [6.45, 7) is 2.04. The first-order valence-corrected chi connectivity index (χ1v) is 11.9. The molecule has 1 aliphatic rings. The summed E-state index contributed by atoms with van der Waals surface area (Å²) in [6, 6.07) is 19.9. The standard InChI is InChI=1S/C25H19BrClN3O2S/c1-14-5-7-16(17(26)12-14)21-9-10-22(32-21)24-23(18-4-2-3-11-28-18)29-25(33)30(24)19-13-15(27)6-8-20(19)31/h2-13,23-24,31H,1H3,(H,29,33)/t23-,24-/m1/s1. The Balaban J connectivity index is 1.63. The van der Waals surface area contributed by atoms with Gasteiger partial charge >= 0.3 is 0 Å². The molecule has 5 rings (SSSR count). The first-order valence-electron chi connectivity index (χ1n) is 10.3. The first kappa shape index (κ1) is 21.9. The molecule has 166 valence electrons. The van der Waals surface area contributed by atoms with Gasteiger partial charge in [-0.1, -0.05) is 39.7 Å². The lowest BCUT2D eigenvalue weighted by molar-refractivity contribution is 0.434. The van der Waals surface area contributed by atoms with Crippen LogP contribution in [0, 0.1) is 6.92 Å². The summed E-state index contributed by atoms with van der Waals surface area (Å²) in [6.07, 6.45) is 1.74. The molecule has 1 fully saturated rings. The number of aromatic hydroxyl groups is 1. The minimum Gasteiger partial charge on any atom is -0.506 e. The lowest BCUT2D eigenvalue weighted by atomic mass is 10.0. The lowest BCUT2D eigenvalue weighted by Gasteiger charge is -2.26. The van der Waals surface area contributed by atoms with Gasteiger partial charge in [-0.05, 0) is 79.3 Å². The van der Waals surface area contributed by atoms with E-state index in [1.807, 2.05) is 54.3 Å². The van der Waals surface area contributed by atoms with Gasteiger partial charge in [0.1, 0.15) is 23.3 Å². The maximum absolute atomic E-state index is 10.6. The number of phenolic OH excluding ortho intramolecular Hbond substituents is 1. The molecule has 33 heavy (non-hydrogen) atoms. The van der Waals surface area contributed by atoms with E-state index >= 15 is 0 Å². The highest BCUT2D eigenvalue weighted by molar-refractivity contribution is 9.10. The predicted octanol–water partition coefficient (Wildman–Crippen LogP) is 6.95. The summed E-state index contributed by atoms with van der Waals surface area (Å²) >= 11 is 15.6. The highest BCUT2D eigenvalue weighted by Gasteiger charge is 2.43. The number of aryl methyl sites for hydroxylation is 1. The number of aromatic nitrogens is 1. The molecule has 0 unspecified atom stereocenters. The number of anilines is 1. The van der Waals surface area contributed by atoms with Crippen molar-refractivity contribution in [2.24, 2.45) is 0 Å². The van der Waals surface area contributed by atoms with Crippen LogP contribution in [0.3, 0.4) is 0 Å². The number of thiocarbonyl (C=S) groups is 1. The number of phenols is 1. The normalized spacial score (nSPS) is 17.9. The molecule has 2 aromatic heterocycles. The molecular formula is C25H19BrClN3O2S. The van der Waals surface area contributed by atoms with E-state index < -0.39 is 6.04 Å². The van der Waals surface area contributed by atoms with E-state index in [0.717, 1.165) is 27.1 Å². The summed E-state index contributed by atoms with van der Waals surface area (Å²) in [5.74, 6) is 1.48. The number of benzene rings is 2. The van der Waals surface area contributed by atoms with Crippen LogP contribution in [0.15, 0.2) is 81.8 Å². The van der Waals surface area contributed by atoms with E-state index in [2.05, 4.69) is 32.3 Å². The molecule has 0 saturated carbocycles. The zero-order valence-corrected chi connectivity index (χ0v) is 20.7. The predicted molar refractivity (Wildman–Crippen MR) is 138 cm³/mol. The summed E-state index contributed by atoms with van der Waals surface area (Å²) in [5, 5.41) is 14.9. The van der Waals surface area contributed by atoms with Gasteiger partial charge in [0.15, 0.2) is 5.11 Å². The van der Waals surface area contributed by atoms with Gasteiger partial charge in [0, 0.05) is 21.3 Å². The second-order valence-electron chi connectivity index (χ2n) is 7.81. The lowest BCUT2D eigenvalue weighted by Crippen LogP contribution is -2.29. The van der Waals surface area contributed by atoms with Crippen molar-refractivity contribution in [1.29, 1.82) is 0 Å². The molecule has 5 nitrogen and oxygen atoms in total. The number of halogens is 2. The molecule has 3 heterocycles. The van der Waals surface area contributed by atoms with Gasteiger partial charge < -0.3 is 19.7 Å². The molecule has 0 radical (unpaired) electrons. The molecule has 2 atom stereocenters. The topological polar surface area (TPSA) is 61.5 Å². The molecule has 4 aromatic rings. The maximum atomic E-state index is 10.6. The molecule has 2 aromatic carbocycles. The minimum atomic E-state index is -0.394. The summed E-state index contributed by atoms with van der Waals surface area (Å²) in [5.41, 5.74) is 3.41. The van der Waals surface area contributed by atoms with E-state index in [0.29, 0.717) is 21.6 Å². The second kappa shape index (κ2) is 8.82. The van der Waals surface area contributed by atoms with Crippen molar-refractivity contribution in [3.8, 4) is 17.1 Å². The number of hydrogen-bond acceptors (Lipinski definition) is 4. The van der Waals surface area contributed by atoms with Crippen LogP contribution in [0.1, 0.15) is 29.1 Å². The SMILES string of the molecule is Cc1ccc(-c2ccc([C@@H]3[C@@H](c4ccccn4)NC(=S)N3c3cc(Cl)ccc3O)o2)c(Br)c1. The monoisotopic (exact) mass is 539 g/mol. The molecule has 1 aliphatic heterocycles. The molecule has 0 aliphatic carbocycles. The van der Waals surface area contributed by atoms with Gasteiger partial charge in [-0.2, -0.15) is 0 Å². The second-order valence-corrected chi connectivity index (χ2v) is 9.49. The number of pyridine rings is 1. The molecule has 0 amide bonds. The number of nitrogens with one attached hydrogen (secondary N) is 1. The van der Waals surface area contributed by atoms with Crippen LogP contribution in [0.4, 0.5) is 5.69 Å². The number of furan rings is 1. The Morgan fingerprint density at radius 2 is 1.97 bits per heavy atom. The summed E-state index contributed by atoms with van der Waals surface area (Å²) < 4.78 is 7.34. The van der Waals surface area contributed by atoms with Crippen LogP contribution in [0.2, 0.25) is 5.02 Å². The summed E-state index contributed by atoms with van der Waals surface area (Å²) in [4.78, 5) is 6.38. The zero-order valence-electron chi connectivity index (χ0n) is 17.5. The van der Waals surface area contributed by atoms with Crippen LogP contribution < -0.4 is 10.2 Å². The fraction of sp³-hybridized carbons (Fsp3) is 0.120. The Bertz CT molecular complexity index is 1340. The van der Waals surface area contributed by atoms with Crippen molar-refractivity contribution in [2.75, 3.05) is 4.90 Å². The van der Waals surface area contributed by atoms with Gasteiger partial charge in [-0.3, -0.25) is 4.98 Å². The Morgan fingerprint density at radius 1 is 1.12 bits per heavy atom. The van der Waals surface area contributed by atoms with E-state index in [-0.39, 0.29) is 11.8 Å². The van der Waals surface area contributed by atoms with E-state index in [1.165, 1.54) is 0 Å². The molecule has 2 N–H and O–H groups in total. The van der Waals surface area contributed by atoms with E-state index in [4.69, 9.17) is 28.2 Å². The Hall–Kier alpha value is -2.87. The summed E-state index contributed by atoms with van der Waals surface area (Å²) in [7, 11) is 0. The third kappa shape index (κ3) is 4.12. The largest absolute Gasteiger partial charge is 0.506 e. The van der Waals surface area contributed by atoms with E-state index in [9.17, 15) is 5.11 Å². The van der Waals surface area contributed by atoms with Crippen molar-refractivity contribution in [3.05, 3.63) is 99.4 Å². The molecule has 0 bridgehead atoms. The van der Waals surface area contributed by atoms with Crippen LogP contribution in [0.5, 0.6) is 5.75 Å². The highest BCUT2D eigenvalue weighted by atomic mass is 79.9. The molecular weight excluding hydrogens is 522 g/mol. The quantitative estimate of drug-likeness (QED) is 0.273. The van der Waals surface area contributed by atoms with Gasteiger partial charge in [-0.25, -0.2) is 0 Å². The van der Waals surface area contributed by atoms with Crippen LogP contribution in [-0.2, 0) is 0 Å². The number of nitrogens with zero attached hydrogens (tertiary/aromatic N) is 2. The third-order valence-electron chi connectivity index (χ3n) is 5.60. The van der Waals surface area contributed by atoms with Crippen LogP contribution in [-0.4, -0.2) is 15.2 Å². The van der Waals surface area contributed by atoms with Gasteiger partial charge in [-0.15, -0.1) is 0 Å². The molecule has 1 saturated heterocycles.